The standard InChI is InChI=1S/C16H15Cl2N3O2S2/c1-2-14(22)21-8-24-7-13(21)15(23)20-16-19-12(6-25-16)10-4-3-9(17)5-11(10)18/h3-6,13H,2,7-8H2,1H3,(H,19,20,23). The predicted molar refractivity (Wildman–Crippen MR) is 104 cm³/mol. The van der Waals surface area contributed by atoms with Crippen LogP contribution in [0, 0.1) is 0 Å². The summed E-state index contributed by atoms with van der Waals surface area (Å²) in [4.78, 5) is 30.5. The Labute approximate surface area is 163 Å². The molecule has 1 aromatic heterocycles. The van der Waals surface area contributed by atoms with Crippen LogP contribution in [-0.4, -0.2) is 39.4 Å². The number of hydrogen-bond donors (Lipinski definition) is 1. The first-order chi connectivity index (χ1) is 12.0. The minimum absolute atomic E-state index is 0.0158. The van der Waals surface area contributed by atoms with Crippen LogP contribution >= 0.6 is 46.3 Å². The Hall–Kier alpha value is -1.28. The van der Waals surface area contributed by atoms with Crippen LogP contribution < -0.4 is 5.32 Å². The molecule has 0 saturated carbocycles. The number of halogens is 2. The Balaban J connectivity index is 1.73. The zero-order chi connectivity index (χ0) is 18.0. The van der Waals surface area contributed by atoms with Crippen molar-refractivity contribution in [2.24, 2.45) is 0 Å². The number of aromatic nitrogens is 1. The fourth-order valence-corrected chi connectivity index (χ4v) is 4.85. The minimum Gasteiger partial charge on any atom is -0.321 e. The molecule has 0 bridgehead atoms. The lowest BCUT2D eigenvalue weighted by Crippen LogP contribution is -2.44. The molecule has 2 heterocycles. The van der Waals surface area contributed by atoms with Gasteiger partial charge in [0.1, 0.15) is 6.04 Å². The lowest BCUT2D eigenvalue weighted by Gasteiger charge is -2.21. The molecule has 0 aliphatic carbocycles. The first-order valence-corrected chi connectivity index (χ1v) is 10.4. The summed E-state index contributed by atoms with van der Waals surface area (Å²) < 4.78 is 0. The van der Waals surface area contributed by atoms with E-state index in [-0.39, 0.29) is 11.8 Å². The summed E-state index contributed by atoms with van der Waals surface area (Å²) in [6.45, 7) is 1.79. The number of nitrogens with one attached hydrogen (secondary N) is 1. The smallest absolute Gasteiger partial charge is 0.249 e. The summed E-state index contributed by atoms with van der Waals surface area (Å²) in [7, 11) is 0. The number of thiazole rings is 1. The van der Waals surface area contributed by atoms with Crippen molar-refractivity contribution in [3.63, 3.8) is 0 Å². The maximum absolute atomic E-state index is 12.5. The van der Waals surface area contributed by atoms with Gasteiger partial charge in [0.05, 0.1) is 16.6 Å². The van der Waals surface area contributed by atoms with Crippen molar-refractivity contribution in [3.05, 3.63) is 33.6 Å². The Morgan fingerprint density at radius 3 is 2.92 bits per heavy atom. The molecule has 1 unspecified atom stereocenters. The van der Waals surface area contributed by atoms with E-state index >= 15 is 0 Å². The molecule has 0 radical (unpaired) electrons. The van der Waals surface area contributed by atoms with Crippen molar-refractivity contribution < 1.29 is 9.59 Å². The molecule has 2 amide bonds. The third-order valence-electron chi connectivity index (χ3n) is 3.75. The largest absolute Gasteiger partial charge is 0.321 e. The SMILES string of the molecule is CCC(=O)N1CSCC1C(=O)Nc1nc(-c2ccc(Cl)cc2Cl)cs1. The molecule has 25 heavy (non-hydrogen) atoms. The van der Waals surface area contributed by atoms with E-state index in [9.17, 15) is 9.59 Å². The van der Waals surface area contributed by atoms with Crippen LogP contribution in [0.1, 0.15) is 13.3 Å². The molecule has 5 nitrogen and oxygen atoms in total. The van der Waals surface area contributed by atoms with Gasteiger partial charge < -0.3 is 10.2 Å². The maximum atomic E-state index is 12.5. The third kappa shape index (κ3) is 4.11. The van der Waals surface area contributed by atoms with Gasteiger partial charge >= 0.3 is 0 Å². The lowest BCUT2D eigenvalue weighted by molar-refractivity contribution is -0.135. The van der Waals surface area contributed by atoms with Gasteiger partial charge in [0, 0.05) is 28.1 Å². The monoisotopic (exact) mass is 415 g/mol. The number of carbonyl (C=O) groups is 2. The Morgan fingerprint density at radius 2 is 2.20 bits per heavy atom. The molecule has 9 heteroatoms. The van der Waals surface area contributed by atoms with Crippen LogP contribution in [-0.2, 0) is 9.59 Å². The van der Waals surface area contributed by atoms with Crippen molar-refractivity contribution in [2.45, 2.75) is 19.4 Å². The predicted octanol–water partition coefficient (Wildman–Crippen LogP) is 4.37. The van der Waals surface area contributed by atoms with E-state index in [1.165, 1.54) is 11.3 Å². The Kier molecular flexibility index (Phi) is 5.89. The molecule has 3 rings (SSSR count). The minimum atomic E-state index is -0.455. The highest BCUT2D eigenvalue weighted by Gasteiger charge is 2.34. The second kappa shape index (κ2) is 7.95. The van der Waals surface area contributed by atoms with E-state index in [1.807, 2.05) is 5.38 Å². The maximum Gasteiger partial charge on any atom is 0.249 e. The Bertz CT molecular complexity index is 812. The molecule has 132 valence electrons. The fraction of sp³-hybridized carbons (Fsp3) is 0.312. The van der Waals surface area contributed by atoms with Crippen molar-refractivity contribution in [2.75, 3.05) is 16.9 Å². The van der Waals surface area contributed by atoms with Gasteiger partial charge in [-0.1, -0.05) is 30.1 Å². The van der Waals surface area contributed by atoms with Crippen LogP contribution in [0.5, 0.6) is 0 Å². The van der Waals surface area contributed by atoms with Gasteiger partial charge in [0.15, 0.2) is 5.13 Å². The number of rotatable bonds is 4. The van der Waals surface area contributed by atoms with Gasteiger partial charge in [-0.25, -0.2) is 4.98 Å². The van der Waals surface area contributed by atoms with Gasteiger partial charge in [0.25, 0.3) is 0 Å². The van der Waals surface area contributed by atoms with E-state index in [2.05, 4.69) is 10.3 Å². The van der Waals surface area contributed by atoms with E-state index in [0.29, 0.717) is 38.9 Å². The third-order valence-corrected chi connectivity index (χ3v) is 6.07. The van der Waals surface area contributed by atoms with E-state index < -0.39 is 6.04 Å². The van der Waals surface area contributed by atoms with Gasteiger partial charge in [0.2, 0.25) is 11.8 Å². The summed E-state index contributed by atoms with van der Waals surface area (Å²) in [5.41, 5.74) is 1.42. The molecule has 1 aromatic carbocycles. The van der Waals surface area contributed by atoms with E-state index in [1.54, 1.807) is 41.8 Å². The molecular weight excluding hydrogens is 401 g/mol. The van der Waals surface area contributed by atoms with E-state index in [0.717, 1.165) is 5.56 Å². The zero-order valence-electron chi connectivity index (χ0n) is 13.3. The number of hydrogen-bond acceptors (Lipinski definition) is 5. The molecule has 0 spiro atoms. The van der Waals surface area contributed by atoms with Crippen molar-refractivity contribution in [3.8, 4) is 11.3 Å². The van der Waals surface area contributed by atoms with Gasteiger partial charge in [-0.2, -0.15) is 0 Å². The van der Waals surface area contributed by atoms with Gasteiger partial charge in [-0.05, 0) is 18.2 Å². The number of anilines is 1. The Morgan fingerprint density at radius 1 is 1.40 bits per heavy atom. The summed E-state index contributed by atoms with van der Waals surface area (Å²) in [5, 5.41) is 6.16. The molecular formula is C16H15Cl2N3O2S2. The second-order valence-electron chi connectivity index (χ2n) is 5.38. The van der Waals surface area contributed by atoms with Gasteiger partial charge in [-0.15, -0.1) is 23.1 Å². The number of amides is 2. The van der Waals surface area contributed by atoms with Crippen molar-refractivity contribution in [1.29, 1.82) is 0 Å². The highest BCUT2D eigenvalue weighted by Crippen LogP contribution is 2.32. The normalized spacial score (nSPS) is 16.9. The number of nitrogens with zero attached hydrogens (tertiary/aromatic N) is 2. The molecule has 1 saturated heterocycles. The molecule has 1 aliphatic rings. The summed E-state index contributed by atoms with van der Waals surface area (Å²) in [6, 6.07) is 4.73. The molecule has 2 aromatic rings. The van der Waals surface area contributed by atoms with Crippen LogP contribution in [0.3, 0.4) is 0 Å². The first-order valence-electron chi connectivity index (χ1n) is 7.58. The average Bonchev–Trinajstić information content (AvgIpc) is 3.23. The molecule has 1 fully saturated rings. The van der Waals surface area contributed by atoms with Crippen LogP contribution in [0.2, 0.25) is 10.0 Å². The molecule has 1 atom stereocenters. The number of carbonyl (C=O) groups excluding carboxylic acids is 2. The zero-order valence-corrected chi connectivity index (χ0v) is 16.4. The van der Waals surface area contributed by atoms with Crippen LogP contribution in [0.15, 0.2) is 23.6 Å². The highest BCUT2D eigenvalue weighted by atomic mass is 35.5. The van der Waals surface area contributed by atoms with Crippen molar-refractivity contribution in [1.82, 2.24) is 9.88 Å². The number of thioether (sulfide) groups is 1. The molecule has 1 aliphatic heterocycles. The topological polar surface area (TPSA) is 62.3 Å². The first kappa shape index (κ1) is 18.5. The quantitative estimate of drug-likeness (QED) is 0.804. The highest BCUT2D eigenvalue weighted by molar-refractivity contribution is 7.99. The second-order valence-corrected chi connectivity index (χ2v) is 8.09. The van der Waals surface area contributed by atoms with Gasteiger partial charge in [-0.3, -0.25) is 9.59 Å². The summed E-state index contributed by atoms with van der Waals surface area (Å²) >= 11 is 15.0. The molecule has 1 N–H and O–H groups in total. The van der Waals surface area contributed by atoms with Crippen LogP contribution in [0.25, 0.3) is 11.3 Å². The lowest BCUT2D eigenvalue weighted by atomic mass is 10.2. The fourth-order valence-electron chi connectivity index (χ4n) is 2.45. The van der Waals surface area contributed by atoms with Crippen molar-refractivity contribution >= 4 is 63.2 Å². The average molecular weight is 416 g/mol. The van der Waals surface area contributed by atoms with Crippen LogP contribution in [0.4, 0.5) is 5.13 Å². The number of benzene rings is 1. The summed E-state index contributed by atoms with van der Waals surface area (Å²) in [6.07, 6.45) is 0.390. The van der Waals surface area contributed by atoms with E-state index in [4.69, 9.17) is 23.2 Å². The summed E-state index contributed by atoms with van der Waals surface area (Å²) in [5.74, 6) is 0.917.